The summed E-state index contributed by atoms with van der Waals surface area (Å²) in [6.07, 6.45) is 7.28. The average Bonchev–Trinajstić information content (AvgIpc) is 3.58. The molecule has 11 nitrogen and oxygen atoms in total. The molecule has 1 unspecified atom stereocenters. The molecule has 0 saturated carbocycles. The normalized spacial score (nSPS) is 19.9. The van der Waals surface area contributed by atoms with Crippen molar-refractivity contribution in [3.8, 4) is 0 Å². The molecule has 5 heterocycles. The van der Waals surface area contributed by atoms with Crippen LogP contribution < -0.4 is 14.5 Å². The molecule has 40 heavy (non-hydrogen) atoms. The number of sulfonamides is 1. The largest absolute Gasteiger partial charge is 0.378 e. The molecule has 12 heteroatoms. The number of anilines is 3. The van der Waals surface area contributed by atoms with Crippen molar-refractivity contribution in [1.29, 1.82) is 0 Å². The lowest BCUT2D eigenvalue weighted by Gasteiger charge is -2.36. The molecule has 7 rings (SSSR count). The van der Waals surface area contributed by atoms with Crippen molar-refractivity contribution in [2.24, 2.45) is 0 Å². The van der Waals surface area contributed by atoms with Gasteiger partial charge in [0.15, 0.2) is 5.65 Å². The van der Waals surface area contributed by atoms with Crippen LogP contribution in [0.15, 0.2) is 24.3 Å². The molecule has 1 N–H and O–H groups in total. The van der Waals surface area contributed by atoms with Gasteiger partial charge in [-0.3, -0.25) is 4.72 Å². The van der Waals surface area contributed by atoms with Crippen LogP contribution in [-0.4, -0.2) is 72.1 Å². The number of rotatable bonds is 5. The summed E-state index contributed by atoms with van der Waals surface area (Å²) in [5.74, 6) is 1.99. The van der Waals surface area contributed by atoms with Crippen molar-refractivity contribution >= 4 is 44.2 Å². The minimum Gasteiger partial charge on any atom is -0.378 e. The standard InChI is InChI=1S/C28H34N8O3S/c1-18-7-5-10-21-25(18)26(31-28(30-21)33-40(2,37)38)35-12-4-3-11-23(35)22-17-24-29-20-9-6-8-19(20)27(36(24)32-22)34-13-15-39-16-14-34/h5,7,10,17,23H,3-4,6,8-9,11-16H2,1-2H3,(H,30,31,33). The fraction of sp³-hybridized carbons (Fsp3) is 0.500. The number of nitrogens with zero attached hydrogens (tertiary/aromatic N) is 7. The molecule has 0 amide bonds. The van der Waals surface area contributed by atoms with E-state index >= 15 is 0 Å². The zero-order chi connectivity index (χ0) is 27.4. The number of aryl methyl sites for hydroxylation is 2. The Hall–Kier alpha value is -3.51. The van der Waals surface area contributed by atoms with E-state index in [0.29, 0.717) is 18.7 Å². The molecule has 1 atom stereocenters. The molecule has 0 spiro atoms. The predicted octanol–water partition coefficient (Wildman–Crippen LogP) is 3.41. The topological polar surface area (TPSA) is 118 Å². The highest BCUT2D eigenvalue weighted by Gasteiger charge is 2.32. The maximum atomic E-state index is 12.1. The van der Waals surface area contributed by atoms with E-state index in [9.17, 15) is 8.42 Å². The van der Waals surface area contributed by atoms with Crippen LogP contribution in [0, 0.1) is 6.92 Å². The van der Waals surface area contributed by atoms with Crippen LogP contribution in [0.3, 0.4) is 0 Å². The molecule has 2 saturated heterocycles. The quantitative estimate of drug-likeness (QED) is 0.390. The number of benzene rings is 1. The van der Waals surface area contributed by atoms with Gasteiger partial charge >= 0.3 is 0 Å². The molecule has 1 aromatic carbocycles. The smallest absolute Gasteiger partial charge is 0.239 e. The number of ether oxygens (including phenoxy) is 1. The molecule has 210 valence electrons. The third kappa shape index (κ3) is 4.52. The van der Waals surface area contributed by atoms with Crippen LogP contribution in [0.25, 0.3) is 16.6 Å². The maximum absolute atomic E-state index is 12.1. The van der Waals surface area contributed by atoms with E-state index in [1.807, 2.05) is 25.1 Å². The summed E-state index contributed by atoms with van der Waals surface area (Å²) < 4.78 is 34.4. The number of hydrogen-bond donors (Lipinski definition) is 1. The molecule has 3 aromatic heterocycles. The third-order valence-electron chi connectivity index (χ3n) is 8.23. The monoisotopic (exact) mass is 562 g/mol. The lowest BCUT2D eigenvalue weighted by Crippen LogP contribution is -2.38. The molecule has 0 bridgehead atoms. The fourth-order valence-corrected chi connectivity index (χ4v) is 6.91. The van der Waals surface area contributed by atoms with Crippen LogP contribution in [0.4, 0.5) is 17.6 Å². The second kappa shape index (κ2) is 9.84. The van der Waals surface area contributed by atoms with Crippen molar-refractivity contribution in [1.82, 2.24) is 24.6 Å². The van der Waals surface area contributed by atoms with Crippen molar-refractivity contribution < 1.29 is 13.2 Å². The number of morpholine rings is 1. The highest BCUT2D eigenvalue weighted by atomic mass is 32.2. The number of piperidine rings is 1. The van der Waals surface area contributed by atoms with Crippen LogP contribution in [0.5, 0.6) is 0 Å². The Kier molecular flexibility index (Phi) is 6.26. The highest BCUT2D eigenvalue weighted by Crippen LogP contribution is 2.40. The molecular weight excluding hydrogens is 528 g/mol. The van der Waals surface area contributed by atoms with Crippen molar-refractivity contribution in [3.63, 3.8) is 0 Å². The second-order valence-electron chi connectivity index (χ2n) is 11.1. The summed E-state index contributed by atoms with van der Waals surface area (Å²) in [7, 11) is -3.54. The molecule has 1 aliphatic carbocycles. The van der Waals surface area contributed by atoms with E-state index < -0.39 is 10.0 Å². The average molecular weight is 563 g/mol. The lowest BCUT2D eigenvalue weighted by molar-refractivity contribution is 0.122. The van der Waals surface area contributed by atoms with E-state index in [1.54, 1.807) is 0 Å². The van der Waals surface area contributed by atoms with Gasteiger partial charge in [0, 0.05) is 42.3 Å². The molecule has 0 radical (unpaired) electrons. The second-order valence-corrected chi connectivity index (χ2v) is 12.8. The zero-order valence-corrected chi connectivity index (χ0v) is 23.7. The van der Waals surface area contributed by atoms with Gasteiger partial charge in [-0.2, -0.15) is 14.6 Å². The number of nitrogens with one attached hydrogen (secondary N) is 1. The van der Waals surface area contributed by atoms with Gasteiger partial charge in [-0.25, -0.2) is 18.4 Å². The molecule has 2 fully saturated rings. The first-order valence-corrected chi connectivity index (χ1v) is 16.0. The first-order chi connectivity index (χ1) is 19.4. The molecular formula is C28H34N8O3S. The van der Waals surface area contributed by atoms with Crippen molar-refractivity contribution in [3.05, 3.63) is 46.8 Å². The first kappa shape index (κ1) is 25.5. The molecule has 4 aromatic rings. The van der Waals surface area contributed by atoms with Crippen LogP contribution in [-0.2, 0) is 27.6 Å². The summed E-state index contributed by atoms with van der Waals surface area (Å²) in [5, 5.41) is 6.16. The van der Waals surface area contributed by atoms with Gasteiger partial charge in [0.1, 0.15) is 11.6 Å². The third-order valence-corrected chi connectivity index (χ3v) is 8.79. The Morgan fingerprint density at radius 3 is 2.70 bits per heavy atom. The Bertz CT molecular complexity index is 1710. The summed E-state index contributed by atoms with van der Waals surface area (Å²) in [6.45, 7) is 5.96. The van der Waals surface area contributed by atoms with E-state index in [0.717, 1.165) is 98.3 Å². The highest BCUT2D eigenvalue weighted by molar-refractivity contribution is 7.92. The van der Waals surface area contributed by atoms with Crippen molar-refractivity contribution in [2.45, 2.75) is 51.5 Å². The Morgan fingerprint density at radius 2 is 1.88 bits per heavy atom. The van der Waals surface area contributed by atoms with E-state index in [4.69, 9.17) is 19.8 Å². The van der Waals surface area contributed by atoms with E-state index in [1.165, 1.54) is 11.3 Å². The minimum absolute atomic E-state index is 0.0216. The first-order valence-electron chi connectivity index (χ1n) is 14.1. The van der Waals surface area contributed by atoms with Crippen molar-refractivity contribution in [2.75, 3.05) is 53.6 Å². The minimum atomic E-state index is -3.54. The SMILES string of the molecule is Cc1cccc2nc(NS(C)(=O)=O)nc(N3CCCCC3c3cc4nc5c(c(N6CCOCC6)n4n3)CCC5)c12. The van der Waals surface area contributed by atoms with Gasteiger partial charge in [-0.05, 0) is 57.1 Å². The van der Waals surface area contributed by atoms with Gasteiger partial charge in [0.2, 0.25) is 16.0 Å². The fourth-order valence-electron chi connectivity index (χ4n) is 6.49. The van der Waals surface area contributed by atoms with Crippen LogP contribution in [0.2, 0.25) is 0 Å². The Balaban J connectivity index is 1.36. The van der Waals surface area contributed by atoms with Gasteiger partial charge < -0.3 is 14.5 Å². The number of hydrogen-bond acceptors (Lipinski definition) is 9. The Morgan fingerprint density at radius 1 is 1.02 bits per heavy atom. The van der Waals surface area contributed by atoms with Gasteiger partial charge in [-0.1, -0.05) is 12.1 Å². The summed E-state index contributed by atoms with van der Waals surface area (Å²) in [5.41, 5.74) is 6.11. The number of fused-ring (bicyclic) bond motifs is 3. The summed E-state index contributed by atoms with van der Waals surface area (Å²) in [6, 6.07) is 8.00. The van der Waals surface area contributed by atoms with Crippen LogP contribution >= 0.6 is 0 Å². The molecule has 3 aliphatic rings. The zero-order valence-electron chi connectivity index (χ0n) is 22.9. The van der Waals surface area contributed by atoms with Crippen LogP contribution in [0.1, 0.15) is 54.2 Å². The van der Waals surface area contributed by atoms with Gasteiger partial charge in [0.25, 0.3) is 0 Å². The predicted molar refractivity (Wildman–Crippen MR) is 155 cm³/mol. The maximum Gasteiger partial charge on any atom is 0.239 e. The molecule has 2 aliphatic heterocycles. The Labute approximate surface area is 233 Å². The van der Waals surface area contributed by atoms with Gasteiger partial charge in [0.05, 0.1) is 36.7 Å². The van der Waals surface area contributed by atoms with E-state index in [2.05, 4.69) is 30.1 Å². The summed E-state index contributed by atoms with van der Waals surface area (Å²) in [4.78, 5) is 19.1. The lowest BCUT2D eigenvalue weighted by atomic mass is 9.98. The number of aromatic nitrogens is 5. The van der Waals surface area contributed by atoms with E-state index in [-0.39, 0.29) is 12.0 Å². The summed E-state index contributed by atoms with van der Waals surface area (Å²) >= 11 is 0. The van der Waals surface area contributed by atoms with Gasteiger partial charge in [-0.15, -0.1) is 0 Å².